The van der Waals surface area contributed by atoms with Gasteiger partial charge in [0, 0.05) is 14.1 Å². The number of fused-ring (bicyclic) bond motifs is 5. The van der Waals surface area contributed by atoms with Crippen LogP contribution in [0.5, 0.6) is 11.5 Å². The van der Waals surface area contributed by atoms with Crippen LogP contribution in [0.4, 0.5) is 0 Å². The Morgan fingerprint density at radius 3 is 2.26 bits per heavy atom. The second-order valence-electron chi connectivity index (χ2n) is 8.92. The Bertz CT molecular complexity index is 1740. The first kappa shape index (κ1) is 21.0. The van der Waals surface area contributed by atoms with Crippen molar-refractivity contribution in [3.05, 3.63) is 110 Å². The van der Waals surface area contributed by atoms with E-state index in [1.165, 1.54) is 11.6 Å². The number of nitrogens with zero attached hydrogens (tertiary/aromatic N) is 3. The highest BCUT2D eigenvalue weighted by atomic mass is 16.5. The Morgan fingerprint density at radius 2 is 1.54 bits per heavy atom. The second kappa shape index (κ2) is 7.50. The lowest BCUT2D eigenvalue weighted by Crippen LogP contribution is -2.37. The van der Waals surface area contributed by atoms with E-state index >= 15 is 0 Å². The highest BCUT2D eigenvalue weighted by molar-refractivity contribution is 5.98. The van der Waals surface area contributed by atoms with Crippen LogP contribution in [0.15, 0.2) is 82.4 Å². The summed E-state index contributed by atoms with van der Waals surface area (Å²) in [5.74, 6) is 0.806. The van der Waals surface area contributed by atoms with Gasteiger partial charge in [0.25, 0.3) is 5.56 Å². The molecular weight excluding hydrogens is 442 g/mol. The molecule has 0 spiro atoms. The van der Waals surface area contributed by atoms with Gasteiger partial charge in [0.05, 0.1) is 28.0 Å². The van der Waals surface area contributed by atoms with Crippen molar-refractivity contribution in [2.45, 2.75) is 13.0 Å². The summed E-state index contributed by atoms with van der Waals surface area (Å²) >= 11 is 0. The van der Waals surface area contributed by atoms with Crippen molar-refractivity contribution >= 4 is 10.9 Å². The molecule has 1 aliphatic heterocycles. The van der Waals surface area contributed by atoms with Gasteiger partial charge in [-0.15, -0.1) is 0 Å². The van der Waals surface area contributed by atoms with E-state index in [2.05, 4.69) is 0 Å². The van der Waals surface area contributed by atoms with Crippen LogP contribution in [0.3, 0.4) is 0 Å². The van der Waals surface area contributed by atoms with Crippen molar-refractivity contribution in [1.29, 1.82) is 0 Å². The van der Waals surface area contributed by atoms with Crippen molar-refractivity contribution in [1.82, 2.24) is 13.7 Å². The van der Waals surface area contributed by atoms with Gasteiger partial charge < -0.3 is 14.4 Å². The first-order valence-electron chi connectivity index (χ1n) is 11.3. The number of phenolic OH excluding ortho intramolecular Hbond substituents is 1. The number of aromatic nitrogens is 3. The fourth-order valence-corrected chi connectivity index (χ4v) is 4.97. The maximum atomic E-state index is 13.6. The molecule has 1 aliphatic rings. The molecule has 174 valence electrons. The fraction of sp³-hybridized carbons (Fsp3) is 0.143. The Labute approximate surface area is 200 Å². The molecule has 0 aliphatic carbocycles. The predicted molar refractivity (Wildman–Crippen MR) is 135 cm³/mol. The van der Waals surface area contributed by atoms with E-state index in [0.717, 1.165) is 26.9 Å². The van der Waals surface area contributed by atoms with Crippen molar-refractivity contribution in [2.75, 3.05) is 0 Å². The largest absolute Gasteiger partial charge is 0.508 e. The minimum absolute atomic E-state index is 0.145. The first-order valence-corrected chi connectivity index (χ1v) is 11.3. The zero-order valence-electron chi connectivity index (χ0n) is 19.5. The molecule has 35 heavy (non-hydrogen) atoms. The molecule has 0 fully saturated rings. The van der Waals surface area contributed by atoms with Crippen LogP contribution in [0.1, 0.15) is 22.9 Å². The molecular formula is C28H23N3O4. The zero-order valence-corrected chi connectivity index (χ0v) is 19.5. The van der Waals surface area contributed by atoms with Gasteiger partial charge in [0.15, 0.2) is 6.10 Å². The van der Waals surface area contributed by atoms with Crippen LogP contribution in [-0.4, -0.2) is 18.8 Å². The van der Waals surface area contributed by atoms with Crippen molar-refractivity contribution in [2.24, 2.45) is 14.1 Å². The van der Waals surface area contributed by atoms with Crippen molar-refractivity contribution in [3.8, 4) is 28.4 Å². The van der Waals surface area contributed by atoms with Crippen LogP contribution < -0.4 is 16.0 Å². The minimum Gasteiger partial charge on any atom is -0.508 e. The van der Waals surface area contributed by atoms with E-state index in [-0.39, 0.29) is 11.3 Å². The molecule has 6 rings (SSSR count). The summed E-state index contributed by atoms with van der Waals surface area (Å²) in [6.07, 6.45) is -0.607. The fourth-order valence-electron chi connectivity index (χ4n) is 4.97. The average molecular weight is 466 g/mol. The summed E-state index contributed by atoms with van der Waals surface area (Å²) in [7, 11) is 3.18. The quantitative estimate of drug-likeness (QED) is 0.424. The van der Waals surface area contributed by atoms with E-state index in [4.69, 9.17) is 4.74 Å². The number of benzene rings is 3. The van der Waals surface area contributed by atoms with Gasteiger partial charge in [0.2, 0.25) is 0 Å². The predicted octanol–water partition coefficient (Wildman–Crippen LogP) is 4.19. The molecule has 0 amide bonds. The summed E-state index contributed by atoms with van der Waals surface area (Å²) in [4.78, 5) is 26.7. The van der Waals surface area contributed by atoms with Gasteiger partial charge in [-0.1, -0.05) is 54.1 Å². The Morgan fingerprint density at radius 1 is 0.857 bits per heavy atom. The molecule has 3 aromatic carbocycles. The van der Waals surface area contributed by atoms with Crippen molar-refractivity contribution < 1.29 is 9.84 Å². The third-order valence-corrected chi connectivity index (χ3v) is 6.73. The molecule has 2 aromatic heterocycles. The van der Waals surface area contributed by atoms with Crippen LogP contribution >= 0.6 is 0 Å². The van der Waals surface area contributed by atoms with E-state index in [1.807, 2.05) is 60.0 Å². The van der Waals surface area contributed by atoms with Gasteiger partial charge >= 0.3 is 5.69 Å². The Hall–Kier alpha value is -4.52. The van der Waals surface area contributed by atoms with E-state index in [0.29, 0.717) is 28.0 Å². The number of phenols is 1. The smallest absolute Gasteiger partial charge is 0.331 e. The Kier molecular flexibility index (Phi) is 4.51. The topological polar surface area (TPSA) is 78.4 Å². The summed E-state index contributed by atoms with van der Waals surface area (Å²) in [5.41, 5.74) is 4.72. The molecule has 7 heteroatoms. The van der Waals surface area contributed by atoms with Crippen LogP contribution in [0, 0.1) is 6.92 Å². The van der Waals surface area contributed by atoms with Gasteiger partial charge in [-0.2, -0.15) is 0 Å². The van der Waals surface area contributed by atoms with Gasteiger partial charge in [-0.25, -0.2) is 4.79 Å². The highest BCUT2D eigenvalue weighted by Crippen LogP contribution is 2.46. The molecule has 0 saturated heterocycles. The van der Waals surface area contributed by atoms with Crippen LogP contribution in [0.2, 0.25) is 0 Å². The standard InChI is InChI=1S/C28H23N3O4/c1-16-8-10-17(11-9-16)23-22-24(29(2)28(34)30(3)27(22)33)25-26(18-12-14-19(32)15-13-18)35-21-7-5-4-6-20(21)31(23)25/h4-15,26,32H,1-3H3/t26-/m1/s1. The maximum Gasteiger partial charge on any atom is 0.331 e. The highest BCUT2D eigenvalue weighted by Gasteiger charge is 2.36. The average Bonchev–Trinajstić information content (AvgIpc) is 3.23. The lowest BCUT2D eigenvalue weighted by molar-refractivity contribution is 0.229. The number of ether oxygens (including phenoxy) is 1. The number of para-hydroxylation sites is 2. The molecule has 0 unspecified atom stereocenters. The third-order valence-electron chi connectivity index (χ3n) is 6.73. The number of aryl methyl sites for hydroxylation is 2. The first-order chi connectivity index (χ1) is 16.9. The van der Waals surface area contributed by atoms with E-state index < -0.39 is 11.8 Å². The van der Waals surface area contributed by atoms with Crippen LogP contribution in [-0.2, 0) is 14.1 Å². The van der Waals surface area contributed by atoms with Crippen LogP contribution in [0.25, 0.3) is 27.8 Å². The van der Waals surface area contributed by atoms with E-state index in [1.54, 1.807) is 31.3 Å². The monoisotopic (exact) mass is 465 g/mol. The van der Waals surface area contributed by atoms with E-state index in [9.17, 15) is 14.7 Å². The van der Waals surface area contributed by atoms with Gasteiger partial charge in [-0.3, -0.25) is 13.9 Å². The molecule has 1 N–H and O–H groups in total. The van der Waals surface area contributed by atoms with Gasteiger partial charge in [-0.05, 0) is 42.3 Å². The number of rotatable bonds is 2. The number of hydrogen-bond donors (Lipinski definition) is 1. The number of hydrogen-bond acceptors (Lipinski definition) is 4. The molecule has 1 atom stereocenters. The summed E-state index contributed by atoms with van der Waals surface area (Å²) < 4.78 is 11.2. The summed E-state index contributed by atoms with van der Waals surface area (Å²) in [5, 5.41) is 10.3. The molecule has 0 saturated carbocycles. The summed E-state index contributed by atoms with van der Waals surface area (Å²) in [6.45, 7) is 2.02. The molecule has 0 radical (unpaired) electrons. The molecule has 3 heterocycles. The summed E-state index contributed by atoms with van der Waals surface area (Å²) in [6, 6.07) is 22.5. The normalized spacial score (nSPS) is 14.4. The molecule has 5 aromatic rings. The SMILES string of the molecule is Cc1ccc(-c2c3c(=O)n(C)c(=O)n(C)c3c3n2-c2ccccc2O[C@@H]3c2ccc(O)cc2)cc1. The number of aromatic hydroxyl groups is 1. The minimum atomic E-state index is -0.607. The van der Waals surface area contributed by atoms with Gasteiger partial charge in [0.1, 0.15) is 11.5 Å². The third kappa shape index (κ3) is 2.98. The maximum absolute atomic E-state index is 13.6. The lowest BCUT2D eigenvalue weighted by Gasteiger charge is -2.30. The lowest BCUT2D eigenvalue weighted by atomic mass is 10.0. The second-order valence-corrected chi connectivity index (χ2v) is 8.92. The van der Waals surface area contributed by atoms with Crippen molar-refractivity contribution in [3.63, 3.8) is 0 Å². The Balaban J connectivity index is 1.85. The molecule has 7 nitrogen and oxygen atoms in total. The molecule has 0 bridgehead atoms. The zero-order chi connectivity index (χ0) is 24.4.